The van der Waals surface area contributed by atoms with Crippen molar-refractivity contribution in [3.63, 3.8) is 0 Å². The summed E-state index contributed by atoms with van der Waals surface area (Å²) in [6.45, 7) is 4.21. The predicted octanol–water partition coefficient (Wildman–Crippen LogP) is 2.73. The molecule has 0 fully saturated rings. The number of hydrogen-bond donors (Lipinski definition) is 1. The summed E-state index contributed by atoms with van der Waals surface area (Å²) in [5, 5.41) is 0. The molecule has 3 heteroatoms. The Balaban J connectivity index is 3.14. The number of halogens is 1. The van der Waals surface area contributed by atoms with Crippen LogP contribution in [0, 0.1) is 5.82 Å². The third kappa shape index (κ3) is 2.85. The number of nitrogens with zero attached hydrogens (tertiary/aromatic N) is 1. The Labute approximate surface area is 104 Å². The van der Waals surface area contributed by atoms with Crippen LogP contribution in [0.1, 0.15) is 32.3 Å². The van der Waals surface area contributed by atoms with E-state index >= 15 is 0 Å². The van der Waals surface area contributed by atoms with Crippen molar-refractivity contribution in [2.75, 3.05) is 14.1 Å². The van der Waals surface area contributed by atoms with Gasteiger partial charge in [0.1, 0.15) is 5.82 Å². The first kappa shape index (κ1) is 14.1. The Kier molecular flexibility index (Phi) is 4.66. The maximum atomic E-state index is 13.0. The topological polar surface area (TPSA) is 29.3 Å². The highest BCUT2D eigenvalue weighted by molar-refractivity contribution is 5.26. The van der Waals surface area contributed by atoms with Gasteiger partial charge in [-0.15, -0.1) is 0 Å². The standard InChI is InChI=1S/C14H23FN2/c1-5-13(17(3)4)14(16,6-2)11-7-9-12(15)10-8-11/h7-10,13H,5-6,16H2,1-4H3. The Morgan fingerprint density at radius 3 is 2.12 bits per heavy atom. The summed E-state index contributed by atoms with van der Waals surface area (Å²) < 4.78 is 13.0. The van der Waals surface area contributed by atoms with Gasteiger partial charge in [-0.3, -0.25) is 0 Å². The number of hydrogen-bond acceptors (Lipinski definition) is 2. The van der Waals surface area contributed by atoms with Crippen LogP contribution in [0.25, 0.3) is 0 Å². The van der Waals surface area contributed by atoms with Gasteiger partial charge in [-0.25, -0.2) is 4.39 Å². The van der Waals surface area contributed by atoms with Crippen LogP contribution < -0.4 is 5.73 Å². The molecule has 0 radical (unpaired) electrons. The summed E-state index contributed by atoms with van der Waals surface area (Å²) in [6.07, 6.45) is 1.80. The van der Waals surface area contributed by atoms with Gasteiger partial charge in [0.05, 0.1) is 5.54 Å². The third-order valence-electron chi connectivity index (χ3n) is 3.57. The largest absolute Gasteiger partial charge is 0.320 e. The fourth-order valence-corrected chi connectivity index (χ4v) is 2.58. The van der Waals surface area contributed by atoms with Crippen LogP contribution in [-0.2, 0) is 5.54 Å². The first-order valence-corrected chi connectivity index (χ1v) is 6.17. The van der Waals surface area contributed by atoms with Gasteiger partial charge in [0.15, 0.2) is 0 Å². The van der Waals surface area contributed by atoms with Gasteiger partial charge >= 0.3 is 0 Å². The minimum atomic E-state index is -0.425. The molecular weight excluding hydrogens is 215 g/mol. The van der Waals surface area contributed by atoms with E-state index in [0.29, 0.717) is 0 Å². The second-order valence-electron chi connectivity index (χ2n) is 4.79. The lowest BCUT2D eigenvalue weighted by Crippen LogP contribution is -2.53. The molecule has 96 valence electrons. The van der Waals surface area contributed by atoms with Crippen LogP contribution in [0.3, 0.4) is 0 Å². The molecule has 1 aromatic rings. The van der Waals surface area contributed by atoms with E-state index in [4.69, 9.17) is 5.73 Å². The molecule has 2 nitrogen and oxygen atoms in total. The summed E-state index contributed by atoms with van der Waals surface area (Å²) >= 11 is 0. The number of likely N-dealkylation sites (N-methyl/N-ethyl adjacent to an activating group) is 1. The van der Waals surface area contributed by atoms with Crippen molar-refractivity contribution in [1.82, 2.24) is 4.90 Å². The minimum Gasteiger partial charge on any atom is -0.320 e. The van der Waals surface area contributed by atoms with Crippen molar-refractivity contribution in [1.29, 1.82) is 0 Å². The summed E-state index contributed by atoms with van der Waals surface area (Å²) in [4.78, 5) is 2.15. The molecule has 0 saturated heterocycles. The zero-order chi connectivity index (χ0) is 13.1. The van der Waals surface area contributed by atoms with E-state index in [9.17, 15) is 4.39 Å². The highest BCUT2D eigenvalue weighted by Crippen LogP contribution is 2.30. The molecule has 0 aromatic heterocycles. The number of rotatable bonds is 5. The maximum Gasteiger partial charge on any atom is 0.123 e. The summed E-state index contributed by atoms with van der Waals surface area (Å²) in [5.41, 5.74) is 7.14. The molecule has 0 amide bonds. The molecule has 0 aliphatic heterocycles. The van der Waals surface area contributed by atoms with Crippen molar-refractivity contribution >= 4 is 0 Å². The number of nitrogens with two attached hydrogens (primary N) is 1. The average Bonchev–Trinajstić information content (AvgIpc) is 2.29. The molecule has 2 unspecified atom stereocenters. The van der Waals surface area contributed by atoms with Gasteiger partial charge in [0.25, 0.3) is 0 Å². The molecular formula is C14H23FN2. The van der Waals surface area contributed by atoms with Crippen LogP contribution in [0.4, 0.5) is 4.39 Å². The Morgan fingerprint density at radius 1 is 1.24 bits per heavy atom. The minimum absolute atomic E-state index is 0.217. The third-order valence-corrected chi connectivity index (χ3v) is 3.57. The van der Waals surface area contributed by atoms with Crippen molar-refractivity contribution in [2.24, 2.45) is 5.73 Å². The van der Waals surface area contributed by atoms with Crippen LogP contribution in [-0.4, -0.2) is 25.0 Å². The normalized spacial score (nSPS) is 16.9. The fourth-order valence-electron chi connectivity index (χ4n) is 2.58. The molecule has 0 aliphatic carbocycles. The van der Waals surface area contributed by atoms with Crippen LogP contribution in [0.2, 0.25) is 0 Å². The predicted molar refractivity (Wildman–Crippen MR) is 70.3 cm³/mol. The molecule has 0 bridgehead atoms. The Hall–Kier alpha value is -0.930. The molecule has 0 aliphatic rings. The zero-order valence-electron chi connectivity index (χ0n) is 11.2. The molecule has 0 saturated carbocycles. The molecule has 1 rings (SSSR count). The number of benzene rings is 1. The lowest BCUT2D eigenvalue weighted by Gasteiger charge is -2.41. The van der Waals surface area contributed by atoms with Crippen LogP contribution >= 0.6 is 0 Å². The van der Waals surface area contributed by atoms with Gasteiger partial charge < -0.3 is 10.6 Å². The van der Waals surface area contributed by atoms with Gasteiger partial charge in [-0.05, 0) is 44.6 Å². The summed E-state index contributed by atoms with van der Waals surface area (Å²) in [7, 11) is 4.07. The molecule has 17 heavy (non-hydrogen) atoms. The summed E-state index contributed by atoms with van der Waals surface area (Å²) in [5.74, 6) is -0.217. The van der Waals surface area contributed by atoms with E-state index in [2.05, 4.69) is 18.7 Å². The highest BCUT2D eigenvalue weighted by atomic mass is 19.1. The second-order valence-corrected chi connectivity index (χ2v) is 4.79. The zero-order valence-corrected chi connectivity index (χ0v) is 11.2. The van der Waals surface area contributed by atoms with E-state index in [1.54, 1.807) is 12.1 Å². The Morgan fingerprint density at radius 2 is 1.76 bits per heavy atom. The van der Waals surface area contributed by atoms with E-state index in [0.717, 1.165) is 18.4 Å². The molecule has 0 heterocycles. The monoisotopic (exact) mass is 238 g/mol. The van der Waals surface area contributed by atoms with E-state index in [-0.39, 0.29) is 11.9 Å². The summed E-state index contributed by atoms with van der Waals surface area (Å²) in [6, 6.07) is 6.80. The highest BCUT2D eigenvalue weighted by Gasteiger charge is 2.35. The lowest BCUT2D eigenvalue weighted by atomic mass is 9.79. The molecule has 0 spiro atoms. The van der Waals surface area contributed by atoms with Gasteiger partial charge in [-0.1, -0.05) is 26.0 Å². The van der Waals surface area contributed by atoms with Crippen LogP contribution in [0.5, 0.6) is 0 Å². The fraction of sp³-hybridized carbons (Fsp3) is 0.571. The first-order chi connectivity index (χ1) is 7.95. The van der Waals surface area contributed by atoms with Gasteiger partial charge in [0.2, 0.25) is 0 Å². The maximum absolute atomic E-state index is 13.0. The smallest absolute Gasteiger partial charge is 0.123 e. The van der Waals surface area contributed by atoms with E-state index < -0.39 is 5.54 Å². The lowest BCUT2D eigenvalue weighted by molar-refractivity contribution is 0.165. The quantitative estimate of drug-likeness (QED) is 0.854. The average molecular weight is 238 g/mol. The van der Waals surface area contributed by atoms with Crippen molar-refractivity contribution in [2.45, 2.75) is 38.3 Å². The second kappa shape index (κ2) is 5.61. The first-order valence-electron chi connectivity index (χ1n) is 6.17. The van der Waals surface area contributed by atoms with Gasteiger partial charge in [-0.2, -0.15) is 0 Å². The van der Waals surface area contributed by atoms with E-state index in [1.807, 2.05) is 14.1 Å². The van der Waals surface area contributed by atoms with Crippen molar-refractivity contribution < 1.29 is 4.39 Å². The van der Waals surface area contributed by atoms with Crippen molar-refractivity contribution in [3.05, 3.63) is 35.6 Å². The van der Waals surface area contributed by atoms with Gasteiger partial charge in [0, 0.05) is 6.04 Å². The van der Waals surface area contributed by atoms with E-state index in [1.165, 1.54) is 12.1 Å². The van der Waals surface area contributed by atoms with Crippen molar-refractivity contribution in [3.8, 4) is 0 Å². The molecule has 2 atom stereocenters. The SMILES string of the molecule is CCC(N(C)C)C(N)(CC)c1ccc(F)cc1. The Bertz CT molecular complexity index is 348. The van der Waals surface area contributed by atoms with Crippen LogP contribution in [0.15, 0.2) is 24.3 Å². The molecule has 1 aromatic carbocycles. The molecule has 2 N–H and O–H groups in total.